The summed E-state index contributed by atoms with van der Waals surface area (Å²) >= 11 is 1.91. The highest BCUT2D eigenvalue weighted by molar-refractivity contribution is 7.98. The number of benzene rings is 1. The first kappa shape index (κ1) is 28.3. The van der Waals surface area contributed by atoms with Crippen molar-refractivity contribution in [1.29, 1.82) is 0 Å². The Morgan fingerprint density at radius 1 is 1.22 bits per heavy atom. The maximum Gasteiger partial charge on any atom is 0.317 e. The van der Waals surface area contributed by atoms with Crippen molar-refractivity contribution < 1.29 is 0 Å². The molecule has 1 aromatic rings. The lowest BCUT2D eigenvalue weighted by molar-refractivity contribution is 0.473. The molecule has 0 bridgehead atoms. The molecule has 156 valence electrons. The second kappa shape index (κ2) is 16.1. The molecule has 0 aliphatic heterocycles. The first-order valence-corrected chi connectivity index (χ1v) is 11.0. The van der Waals surface area contributed by atoms with E-state index in [0.717, 1.165) is 6.54 Å². The summed E-state index contributed by atoms with van der Waals surface area (Å²) in [5, 5.41) is 3.31. The van der Waals surface area contributed by atoms with E-state index in [0.29, 0.717) is 6.98 Å². The molecule has 0 atom stereocenters. The first-order chi connectivity index (χ1) is 12.7. The Balaban J connectivity index is 0. The molecule has 3 nitrogen and oxygen atoms in total. The second-order valence-electron chi connectivity index (χ2n) is 6.82. The average Bonchev–Trinajstić information content (AvgIpc) is 2.67. The van der Waals surface area contributed by atoms with Crippen LogP contribution in [0, 0.1) is 0 Å². The highest BCUT2D eigenvalue weighted by Gasteiger charge is 2.30. The number of unbranched alkanes of at least 4 members (excludes halogenated alkanes) is 1. The summed E-state index contributed by atoms with van der Waals surface area (Å²) in [4.78, 5) is 2.43. The van der Waals surface area contributed by atoms with Crippen LogP contribution in [0.1, 0.15) is 59.9 Å². The van der Waals surface area contributed by atoms with Crippen LogP contribution in [0.25, 0.3) is 0 Å². The predicted molar refractivity (Wildman–Crippen MR) is 131 cm³/mol. The Bertz CT molecular complexity index is 494. The minimum absolute atomic E-state index is 0.0220. The molecule has 27 heavy (non-hydrogen) atoms. The summed E-state index contributed by atoms with van der Waals surface area (Å²) in [5.41, 5.74) is 2.55. The van der Waals surface area contributed by atoms with Gasteiger partial charge in [0.2, 0.25) is 0 Å². The number of hydrogen-bond donors (Lipinski definition) is 1. The van der Waals surface area contributed by atoms with E-state index in [1.807, 2.05) is 39.8 Å². The number of para-hydroxylation sites is 1. The Morgan fingerprint density at radius 2 is 1.74 bits per heavy atom. The second-order valence-corrected chi connectivity index (χ2v) is 8.60. The van der Waals surface area contributed by atoms with Gasteiger partial charge in [0.1, 0.15) is 0 Å². The van der Waals surface area contributed by atoms with E-state index >= 15 is 0 Å². The van der Waals surface area contributed by atoms with Gasteiger partial charge in [0.25, 0.3) is 0 Å². The predicted octanol–water partition coefficient (Wildman–Crippen LogP) is 6.61. The van der Waals surface area contributed by atoms with Crippen molar-refractivity contribution in [3.05, 3.63) is 42.5 Å². The van der Waals surface area contributed by atoms with E-state index in [1.165, 1.54) is 24.1 Å². The van der Waals surface area contributed by atoms with Crippen molar-refractivity contribution in [3.8, 4) is 0 Å². The first-order valence-electron chi connectivity index (χ1n) is 10.2. The van der Waals surface area contributed by atoms with Gasteiger partial charge in [-0.25, -0.2) is 0 Å². The highest BCUT2D eigenvalue weighted by Crippen LogP contribution is 2.41. The minimum atomic E-state index is 0.0220. The lowest BCUT2D eigenvalue weighted by atomic mass is 9.78. The number of nitrogens with one attached hydrogen (secondary N) is 1. The van der Waals surface area contributed by atoms with Crippen LogP contribution in [-0.4, -0.2) is 43.7 Å². The third kappa shape index (κ3) is 10.9. The number of nitrogens with zero attached hydrogens (tertiary/aromatic N) is 2. The molecule has 0 aliphatic rings. The number of anilines is 1. The third-order valence-corrected chi connectivity index (χ3v) is 5.52. The maximum atomic E-state index is 3.36. The summed E-state index contributed by atoms with van der Waals surface area (Å²) in [6.45, 7) is 19.9. The van der Waals surface area contributed by atoms with Crippen molar-refractivity contribution in [2.75, 3.05) is 33.0 Å². The van der Waals surface area contributed by atoms with Crippen LogP contribution in [-0.2, 0) is 4.75 Å². The van der Waals surface area contributed by atoms with Crippen molar-refractivity contribution in [2.24, 2.45) is 0 Å². The van der Waals surface area contributed by atoms with Gasteiger partial charge in [-0.15, -0.1) is 6.58 Å². The van der Waals surface area contributed by atoms with Gasteiger partial charge in [0.15, 0.2) is 0 Å². The molecule has 1 rings (SSSR count). The van der Waals surface area contributed by atoms with Gasteiger partial charge < -0.3 is 10.1 Å². The van der Waals surface area contributed by atoms with Gasteiger partial charge in [0, 0.05) is 12.7 Å². The molecule has 1 N–H and O–H groups in total. The summed E-state index contributed by atoms with van der Waals surface area (Å²) in [6, 6.07) is 8.57. The molecule has 0 saturated heterocycles. The summed E-state index contributed by atoms with van der Waals surface area (Å²) in [7, 11) is 6.40. The fourth-order valence-electron chi connectivity index (χ4n) is 2.58. The smallest absolute Gasteiger partial charge is 0.317 e. The molecule has 5 heteroatoms. The number of allylic oxidation sites excluding steroid dienone is 1. The van der Waals surface area contributed by atoms with Gasteiger partial charge in [-0.05, 0) is 59.5 Å². The molecule has 0 aromatic heterocycles. The molecule has 0 amide bonds. The van der Waals surface area contributed by atoms with Crippen LogP contribution < -0.4 is 5.32 Å². The molecule has 0 spiro atoms. The van der Waals surface area contributed by atoms with E-state index in [4.69, 9.17) is 0 Å². The van der Waals surface area contributed by atoms with Crippen LogP contribution in [0.5, 0.6) is 0 Å². The van der Waals surface area contributed by atoms with Crippen LogP contribution in [0.4, 0.5) is 5.69 Å². The topological polar surface area (TPSA) is 18.5 Å². The van der Waals surface area contributed by atoms with Gasteiger partial charge >= 0.3 is 6.98 Å². The number of hydrogen-bond acceptors (Lipinski definition) is 4. The quantitative estimate of drug-likeness (QED) is 0.289. The molecule has 0 radical (unpaired) electrons. The van der Waals surface area contributed by atoms with Crippen molar-refractivity contribution in [1.82, 2.24) is 9.03 Å². The van der Waals surface area contributed by atoms with E-state index in [2.05, 4.69) is 86.9 Å². The SMILES string of the molecule is C=CC.CC.CCCCN(C)B(C)N(C)SC(C)(C)c1ccccc1NC. The largest absolute Gasteiger partial charge is 0.388 e. The zero-order valence-corrected chi connectivity index (χ0v) is 20.4. The lowest BCUT2D eigenvalue weighted by Crippen LogP contribution is -2.45. The molecular formula is C22H44BN3S. The Labute approximate surface area is 175 Å². The Hall–Kier alpha value is -0.905. The van der Waals surface area contributed by atoms with Gasteiger partial charge in [-0.2, -0.15) is 0 Å². The minimum Gasteiger partial charge on any atom is -0.388 e. The van der Waals surface area contributed by atoms with Crippen LogP contribution >= 0.6 is 11.9 Å². The van der Waals surface area contributed by atoms with Gasteiger partial charge in [-0.1, -0.05) is 70.2 Å². The van der Waals surface area contributed by atoms with E-state index in [9.17, 15) is 0 Å². The van der Waals surface area contributed by atoms with Crippen molar-refractivity contribution in [2.45, 2.75) is 66.0 Å². The average molecular weight is 393 g/mol. The Morgan fingerprint density at radius 3 is 2.22 bits per heavy atom. The summed E-state index contributed by atoms with van der Waals surface area (Å²) in [5.74, 6) is 0. The van der Waals surface area contributed by atoms with Crippen molar-refractivity contribution >= 4 is 24.6 Å². The fourth-order valence-corrected chi connectivity index (χ4v) is 3.89. The molecule has 0 unspecified atom stereocenters. The molecule has 0 aliphatic carbocycles. The Kier molecular flexibility index (Phi) is 16.9. The monoisotopic (exact) mass is 393 g/mol. The third-order valence-electron chi connectivity index (χ3n) is 4.25. The molecule has 1 aromatic carbocycles. The number of rotatable bonds is 9. The normalized spacial score (nSPS) is 10.5. The zero-order chi connectivity index (χ0) is 21.5. The van der Waals surface area contributed by atoms with E-state index in [-0.39, 0.29) is 4.75 Å². The van der Waals surface area contributed by atoms with E-state index < -0.39 is 0 Å². The summed E-state index contributed by atoms with van der Waals surface area (Å²) < 4.78 is 2.40. The molecule has 0 heterocycles. The van der Waals surface area contributed by atoms with Gasteiger partial charge in [0.05, 0.1) is 4.75 Å². The summed E-state index contributed by atoms with van der Waals surface area (Å²) in [6.07, 6.45) is 4.25. The van der Waals surface area contributed by atoms with Crippen molar-refractivity contribution in [3.63, 3.8) is 0 Å². The van der Waals surface area contributed by atoms with Crippen LogP contribution in [0.3, 0.4) is 0 Å². The van der Waals surface area contributed by atoms with Crippen LogP contribution in [0.15, 0.2) is 36.9 Å². The lowest BCUT2D eigenvalue weighted by Gasteiger charge is -2.36. The zero-order valence-electron chi connectivity index (χ0n) is 19.6. The fraction of sp³-hybridized carbons (Fsp3) is 0.636. The molecular weight excluding hydrogens is 349 g/mol. The van der Waals surface area contributed by atoms with Gasteiger partial charge in [-0.3, -0.25) is 4.22 Å². The van der Waals surface area contributed by atoms with E-state index in [1.54, 1.807) is 6.08 Å². The molecule has 0 saturated carbocycles. The van der Waals surface area contributed by atoms with Crippen LogP contribution in [0.2, 0.25) is 6.82 Å². The maximum absolute atomic E-state index is 3.36. The standard InChI is InChI=1S/C17H32BN3S.C3H6.C2H6/c1-8-9-14-20(6)18(4)21(7)22-17(2,3)15-12-10-11-13-16(15)19-5;1-3-2;1-2/h10-13,19H,8-9,14H2,1-7H3;3H,1H2,2H3;1-2H3. The molecule has 0 fully saturated rings. The highest BCUT2D eigenvalue weighted by atomic mass is 32.2.